The van der Waals surface area contributed by atoms with Crippen LogP contribution >= 0.6 is 0 Å². The van der Waals surface area contributed by atoms with E-state index < -0.39 is 0 Å². The Labute approximate surface area is 101 Å². The number of nitrogen functional groups attached to an aromatic ring is 1. The van der Waals surface area contributed by atoms with Gasteiger partial charge < -0.3 is 10.6 Å². The molecule has 4 heteroatoms. The van der Waals surface area contributed by atoms with Crippen LogP contribution in [0, 0.1) is 17.2 Å². The number of nitrogens with zero attached hydrogens (tertiary/aromatic N) is 2. The molecule has 1 saturated carbocycles. The van der Waals surface area contributed by atoms with E-state index in [1.165, 1.54) is 19.3 Å². The Morgan fingerprint density at radius 1 is 1.35 bits per heavy atom. The van der Waals surface area contributed by atoms with Gasteiger partial charge in [0.25, 0.3) is 0 Å². The average Bonchev–Trinajstić information content (AvgIpc) is 2.88. The minimum Gasteiger partial charge on any atom is -0.384 e. The summed E-state index contributed by atoms with van der Waals surface area (Å²) in [5, 5.41) is 7.62. The van der Waals surface area contributed by atoms with Crippen LogP contribution in [0.4, 0.5) is 5.69 Å². The first-order chi connectivity index (χ1) is 8.25. The monoisotopic (exact) mass is 230 g/mol. The predicted octanol–water partition coefficient (Wildman–Crippen LogP) is 1.60. The molecule has 90 valence electrons. The van der Waals surface area contributed by atoms with Crippen LogP contribution in [0.15, 0.2) is 18.5 Å². The molecule has 0 spiro atoms. The summed E-state index contributed by atoms with van der Waals surface area (Å²) in [6, 6.07) is 1.84. The van der Waals surface area contributed by atoms with Crippen molar-refractivity contribution in [3.63, 3.8) is 0 Å². The molecule has 3 rings (SSSR count). The molecule has 4 nitrogen and oxygen atoms in total. The number of fused-ring (bicyclic) bond motifs is 1. The van der Waals surface area contributed by atoms with Crippen molar-refractivity contribution in [3.8, 4) is 0 Å². The van der Waals surface area contributed by atoms with E-state index in [-0.39, 0.29) is 5.84 Å². The van der Waals surface area contributed by atoms with Gasteiger partial charge >= 0.3 is 0 Å². The Morgan fingerprint density at radius 2 is 2.06 bits per heavy atom. The third-order valence-electron chi connectivity index (χ3n) is 4.16. The van der Waals surface area contributed by atoms with Crippen LogP contribution in [0.5, 0.6) is 0 Å². The van der Waals surface area contributed by atoms with E-state index in [1.54, 1.807) is 6.20 Å². The molecule has 0 radical (unpaired) electrons. The van der Waals surface area contributed by atoms with E-state index in [9.17, 15) is 0 Å². The van der Waals surface area contributed by atoms with E-state index >= 15 is 0 Å². The maximum atomic E-state index is 7.62. The molecule has 1 aliphatic heterocycles. The molecule has 3 N–H and O–H groups in total. The highest BCUT2D eigenvalue weighted by Crippen LogP contribution is 2.39. The third kappa shape index (κ3) is 1.77. The number of rotatable bonds is 2. The molecule has 1 saturated heterocycles. The lowest BCUT2D eigenvalue weighted by molar-refractivity contribution is 0.494. The maximum absolute atomic E-state index is 7.62. The van der Waals surface area contributed by atoms with Gasteiger partial charge in [-0.1, -0.05) is 6.42 Å². The Balaban J connectivity index is 1.88. The lowest BCUT2D eigenvalue weighted by atomic mass is 10.0. The topological polar surface area (TPSA) is 66.0 Å². The SMILES string of the molecule is N=C(N)c1ccncc1N1CC2CCCC2C1. The van der Waals surface area contributed by atoms with Crippen LogP contribution in [0.1, 0.15) is 24.8 Å². The van der Waals surface area contributed by atoms with Crippen LogP contribution in [-0.4, -0.2) is 23.9 Å². The Bertz CT molecular complexity index is 431. The summed E-state index contributed by atoms with van der Waals surface area (Å²) in [5.74, 6) is 1.82. The van der Waals surface area contributed by atoms with E-state index in [2.05, 4.69) is 9.88 Å². The van der Waals surface area contributed by atoms with Crippen LogP contribution in [-0.2, 0) is 0 Å². The van der Waals surface area contributed by atoms with Crippen molar-refractivity contribution < 1.29 is 0 Å². The maximum Gasteiger partial charge on any atom is 0.125 e. The summed E-state index contributed by atoms with van der Waals surface area (Å²) >= 11 is 0. The van der Waals surface area contributed by atoms with Gasteiger partial charge in [-0.25, -0.2) is 0 Å². The molecule has 2 heterocycles. The number of hydrogen-bond acceptors (Lipinski definition) is 3. The van der Waals surface area contributed by atoms with Crippen LogP contribution in [0.3, 0.4) is 0 Å². The van der Waals surface area contributed by atoms with E-state index in [0.717, 1.165) is 36.2 Å². The highest BCUT2D eigenvalue weighted by atomic mass is 15.2. The number of aromatic nitrogens is 1. The lowest BCUT2D eigenvalue weighted by Gasteiger charge is -2.21. The highest BCUT2D eigenvalue weighted by molar-refractivity contribution is 6.00. The molecule has 0 bridgehead atoms. The standard InChI is InChI=1S/C13H18N4/c14-13(15)11-4-5-16-6-12(11)17-7-9-2-1-3-10(9)8-17/h4-6,9-10H,1-3,7-8H2,(H3,14,15). The average molecular weight is 230 g/mol. The highest BCUT2D eigenvalue weighted by Gasteiger charge is 2.36. The lowest BCUT2D eigenvalue weighted by Crippen LogP contribution is -2.25. The van der Waals surface area contributed by atoms with Crippen molar-refractivity contribution >= 4 is 11.5 Å². The molecule has 0 amide bonds. The van der Waals surface area contributed by atoms with Gasteiger partial charge in [0, 0.05) is 24.8 Å². The quantitative estimate of drug-likeness (QED) is 0.599. The van der Waals surface area contributed by atoms with Gasteiger partial charge in [0.1, 0.15) is 5.84 Å². The minimum atomic E-state index is 0.138. The molecule has 17 heavy (non-hydrogen) atoms. The molecule has 2 aliphatic rings. The van der Waals surface area contributed by atoms with Crippen LogP contribution < -0.4 is 10.6 Å². The van der Waals surface area contributed by atoms with E-state index in [1.807, 2.05) is 12.3 Å². The van der Waals surface area contributed by atoms with Gasteiger partial charge in [0.2, 0.25) is 0 Å². The van der Waals surface area contributed by atoms with Gasteiger partial charge in [-0.3, -0.25) is 10.4 Å². The first-order valence-corrected chi connectivity index (χ1v) is 6.29. The van der Waals surface area contributed by atoms with Crippen LogP contribution in [0.25, 0.3) is 0 Å². The summed E-state index contributed by atoms with van der Waals surface area (Å²) in [6.45, 7) is 2.22. The third-order valence-corrected chi connectivity index (χ3v) is 4.16. The zero-order valence-electron chi connectivity index (χ0n) is 9.89. The van der Waals surface area contributed by atoms with Crippen molar-refractivity contribution in [3.05, 3.63) is 24.0 Å². The molecule has 0 aromatic carbocycles. The van der Waals surface area contributed by atoms with Gasteiger partial charge in [-0.15, -0.1) is 0 Å². The Morgan fingerprint density at radius 3 is 2.71 bits per heavy atom. The zero-order valence-corrected chi connectivity index (χ0v) is 9.89. The number of nitrogens with two attached hydrogens (primary N) is 1. The second-order valence-electron chi connectivity index (χ2n) is 5.16. The molecule has 1 aliphatic carbocycles. The Hall–Kier alpha value is -1.58. The number of pyridine rings is 1. The van der Waals surface area contributed by atoms with Crippen molar-refractivity contribution in [2.75, 3.05) is 18.0 Å². The smallest absolute Gasteiger partial charge is 0.125 e. The van der Waals surface area contributed by atoms with E-state index in [4.69, 9.17) is 11.1 Å². The van der Waals surface area contributed by atoms with Crippen molar-refractivity contribution in [2.45, 2.75) is 19.3 Å². The summed E-state index contributed by atoms with van der Waals surface area (Å²) in [4.78, 5) is 6.53. The molecule has 1 aromatic heterocycles. The van der Waals surface area contributed by atoms with Gasteiger partial charge in [-0.05, 0) is 30.7 Å². The Kier molecular flexibility index (Phi) is 2.50. The second kappa shape index (κ2) is 4.02. The second-order valence-corrected chi connectivity index (χ2v) is 5.16. The molecule has 1 aromatic rings. The number of nitrogens with one attached hydrogen (secondary N) is 1. The summed E-state index contributed by atoms with van der Waals surface area (Å²) in [6.07, 6.45) is 7.65. The number of hydrogen-bond donors (Lipinski definition) is 2. The van der Waals surface area contributed by atoms with Crippen molar-refractivity contribution in [1.29, 1.82) is 5.41 Å². The van der Waals surface area contributed by atoms with Crippen molar-refractivity contribution in [1.82, 2.24) is 4.98 Å². The van der Waals surface area contributed by atoms with Crippen molar-refractivity contribution in [2.24, 2.45) is 17.6 Å². The number of anilines is 1. The summed E-state index contributed by atoms with van der Waals surface area (Å²) in [7, 11) is 0. The fourth-order valence-corrected chi connectivity index (χ4v) is 3.30. The molecule has 2 atom stereocenters. The largest absolute Gasteiger partial charge is 0.384 e. The number of amidine groups is 1. The molecule has 2 fully saturated rings. The minimum absolute atomic E-state index is 0.138. The van der Waals surface area contributed by atoms with Crippen LogP contribution in [0.2, 0.25) is 0 Å². The summed E-state index contributed by atoms with van der Waals surface area (Å²) in [5.41, 5.74) is 7.48. The fourth-order valence-electron chi connectivity index (χ4n) is 3.30. The zero-order chi connectivity index (χ0) is 11.8. The fraction of sp³-hybridized carbons (Fsp3) is 0.538. The van der Waals surface area contributed by atoms with Gasteiger partial charge in [-0.2, -0.15) is 0 Å². The first-order valence-electron chi connectivity index (χ1n) is 6.29. The molecule has 2 unspecified atom stereocenters. The molecular weight excluding hydrogens is 212 g/mol. The van der Waals surface area contributed by atoms with Gasteiger partial charge in [0.15, 0.2) is 0 Å². The molecular formula is C13H18N4. The summed E-state index contributed by atoms with van der Waals surface area (Å²) < 4.78 is 0. The predicted molar refractivity (Wildman–Crippen MR) is 68.3 cm³/mol. The van der Waals surface area contributed by atoms with E-state index in [0.29, 0.717) is 0 Å². The van der Waals surface area contributed by atoms with Gasteiger partial charge in [0.05, 0.1) is 11.9 Å². The first kappa shape index (κ1) is 10.6. The normalized spacial score (nSPS) is 27.2.